The minimum Gasteiger partial charge on any atom is -0.478 e. The van der Waals surface area contributed by atoms with Crippen LogP contribution in [0.25, 0.3) is 0 Å². The van der Waals surface area contributed by atoms with Gasteiger partial charge in [-0.05, 0) is 26.1 Å². The summed E-state index contributed by atoms with van der Waals surface area (Å²) >= 11 is 5.53. The molecule has 0 atom stereocenters. The van der Waals surface area contributed by atoms with Crippen LogP contribution in [-0.2, 0) is 10.7 Å². The molecule has 0 aliphatic rings. The van der Waals surface area contributed by atoms with Gasteiger partial charge in [-0.15, -0.1) is 11.6 Å². The number of carbonyl (C=O) groups is 1. The van der Waals surface area contributed by atoms with Gasteiger partial charge in [-0.25, -0.2) is 4.79 Å². The Morgan fingerprint density at radius 1 is 1.33 bits per heavy atom. The maximum Gasteiger partial charge on any atom is 0.331 e. The Balaban J connectivity index is 0.000000327. The van der Waals surface area contributed by atoms with E-state index >= 15 is 0 Å². The van der Waals surface area contributed by atoms with E-state index in [0.717, 1.165) is 6.54 Å². The quantitative estimate of drug-likeness (QED) is 0.660. The first kappa shape index (κ1) is 16.7. The fraction of sp³-hybridized carbons (Fsp3) is 0.357. The Hall–Kier alpha value is -1.32. The lowest BCUT2D eigenvalue weighted by molar-refractivity contribution is -0.132. The minimum absolute atomic E-state index is 0.272. The van der Waals surface area contributed by atoms with Gasteiger partial charge >= 0.3 is 5.97 Å². The maximum atomic E-state index is 10.2. The number of halogens is 1. The molecular weight excluding hydrogens is 250 g/mol. The Kier molecular flexibility index (Phi) is 8.97. The van der Waals surface area contributed by atoms with Gasteiger partial charge in [0.15, 0.2) is 0 Å². The van der Waals surface area contributed by atoms with Gasteiger partial charge in [-0.3, -0.25) is 0 Å². The minimum atomic E-state index is -0.901. The summed E-state index contributed by atoms with van der Waals surface area (Å²) in [4.78, 5) is 12.1. The molecule has 1 rings (SSSR count). The smallest absolute Gasteiger partial charge is 0.331 e. The summed E-state index contributed by atoms with van der Waals surface area (Å²) < 4.78 is 0. The number of nitrogens with zero attached hydrogens (tertiary/aromatic N) is 1. The fourth-order valence-electron chi connectivity index (χ4n) is 1.03. The fourth-order valence-corrected chi connectivity index (χ4v) is 1.21. The van der Waals surface area contributed by atoms with Gasteiger partial charge in [0.25, 0.3) is 0 Å². The van der Waals surface area contributed by atoms with E-state index in [1.54, 1.807) is 0 Å². The molecule has 0 bridgehead atoms. The second-order valence-corrected chi connectivity index (χ2v) is 4.35. The summed E-state index contributed by atoms with van der Waals surface area (Å²) in [5.41, 5.74) is 1.45. The van der Waals surface area contributed by atoms with Crippen molar-refractivity contribution >= 4 is 17.6 Å². The van der Waals surface area contributed by atoms with Gasteiger partial charge in [0.1, 0.15) is 0 Å². The highest BCUT2D eigenvalue weighted by Crippen LogP contribution is 2.00. The van der Waals surface area contributed by atoms with E-state index in [-0.39, 0.29) is 5.57 Å². The molecule has 0 amide bonds. The highest BCUT2D eigenvalue weighted by Gasteiger charge is 2.02. The molecule has 18 heavy (non-hydrogen) atoms. The number of hydrogen-bond acceptors (Lipinski definition) is 2. The third-order valence-electron chi connectivity index (χ3n) is 2.16. The van der Waals surface area contributed by atoms with Crippen molar-refractivity contribution in [1.82, 2.24) is 4.90 Å². The molecule has 3 nitrogen and oxygen atoms in total. The molecule has 4 heteroatoms. The summed E-state index contributed by atoms with van der Waals surface area (Å²) in [7, 11) is 3.80. The van der Waals surface area contributed by atoms with E-state index in [9.17, 15) is 4.79 Å². The number of benzene rings is 1. The zero-order valence-electron chi connectivity index (χ0n) is 10.9. The van der Waals surface area contributed by atoms with E-state index in [4.69, 9.17) is 16.7 Å². The number of carboxylic acid groups (broad SMARTS) is 1. The highest BCUT2D eigenvalue weighted by molar-refractivity contribution is 6.17. The molecule has 0 aliphatic carbocycles. The predicted molar refractivity (Wildman–Crippen MR) is 75.9 cm³/mol. The van der Waals surface area contributed by atoms with Crippen LogP contribution in [0.1, 0.15) is 12.0 Å². The number of alkyl halides is 1. The van der Waals surface area contributed by atoms with E-state index in [2.05, 4.69) is 6.58 Å². The Morgan fingerprint density at radius 2 is 1.89 bits per heavy atom. The van der Waals surface area contributed by atoms with Crippen LogP contribution >= 0.6 is 11.6 Å². The Labute approximate surface area is 114 Å². The zero-order chi connectivity index (χ0) is 14.0. The predicted octanol–water partition coefficient (Wildman–Crippen LogP) is 3.00. The van der Waals surface area contributed by atoms with Gasteiger partial charge in [-0.2, -0.15) is 0 Å². The average Bonchev–Trinajstić information content (AvgIpc) is 2.37. The van der Waals surface area contributed by atoms with E-state index < -0.39 is 5.97 Å². The summed E-state index contributed by atoms with van der Waals surface area (Å²) in [6.07, 6.45) is 0.530. The maximum absolute atomic E-state index is 10.2. The summed E-state index contributed by atoms with van der Waals surface area (Å²) in [5.74, 6) is -0.289. The molecule has 0 saturated carbocycles. The lowest BCUT2D eigenvalue weighted by atomic mass is 10.2. The first-order chi connectivity index (χ1) is 8.47. The molecule has 0 radical (unpaired) electrons. The third kappa shape index (κ3) is 8.79. The van der Waals surface area contributed by atoms with Crippen LogP contribution in [0.15, 0.2) is 42.5 Å². The van der Waals surface area contributed by atoms with Gasteiger partial charge in [-0.1, -0.05) is 36.9 Å². The van der Waals surface area contributed by atoms with Crippen LogP contribution in [-0.4, -0.2) is 36.6 Å². The van der Waals surface area contributed by atoms with Crippen molar-refractivity contribution in [1.29, 1.82) is 0 Å². The van der Waals surface area contributed by atoms with Crippen molar-refractivity contribution in [3.05, 3.63) is 48.0 Å². The second-order valence-electron chi connectivity index (χ2n) is 4.08. The molecule has 0 saturated heterocycles. The van der Waals surface area contributed by atoms with Crippen molar-refractivity contribution in [2.45, 2.75) is 12.3 Å². The molecule has 0 spiro atoms. The van der Waals surface area contributed by atoms with Crippen molar-refractivity contribution in [2.24, 2.45) is 0 Å². The highest BCUT2D eigenvalue weighted by atomic mass is 35.5. The zero-order valence-corrected chi connectivity index (χ0v) is 11.7. The molecule has 0 unspecified atom stereocenters. The number of rotatable bonds is 5. The van der Waals surface area contributed by atoms with Crippen LogP contribution in [0.2, 0.25) is 0 Å². The van der Waals surface area contributed by atoms with Crippen LogP contribution in [0, 0.1) is 0 Å². The van der Waals surface area contributed by atoms with Crippen LogP contribution in [0.3, 0.4) is 0 Å². The summed E-state index contributed by atoms with van der Waals surface area (Å²) in [6, 6.07) is 9.96. The molecular formula is C14H20ClNO2. The van der Waals surface area contributed by atoms with Crippen molar-refractivity contribution in [3.63, 3.8) is 0 Å². The molecule has 0 heterocycles. The number of carboxylic acids is 1. The first-order valence-corrected chi connectivity index (χ1v) is 6.16. The molecule has 1 aromatic rings. The largest absolute Gasteiger partial charge is 0.478 e. The normalized spacial score (nSPS) is 9.56. The lowest BCUT2D eigenvalue weighted by Crippen LogP contribution is -2.15. The number of hydrogen-bond donors (Lipinski definition) is 1. The Bertz CT molecular complexity index is 363. The van der Waals surface area contributed by atoms with Crippen molar-refractivity contribution < 1.29 is 9.90 Å². The SMILES string of the molecule is C=C(CCN(C)C)C(=O)O.ClCc1ccccc1. The van der Waals surface area contributed by atoms with E-state index in [0.29, 0.717) is 12.3 Å². The van der Waals surface area contributed by atoms with Gasteiger partial charge in [0.2, 0.25) is 0 Å². The molecule has 0 fully saturated rings. The van der Waals surface area contributed by atoms with Crippen molar-refractivity contribution in [2.75, 3.05) is 20.6 Å². The average molecular weight is 270 g/mol. The van der Waals surface area contributed by atoms with Gasteiger partial charge < -0.3 is 10.0 Å². The monoisotopic (exact) mass is 269 g/mol. The molecule has 1 aromatic carbocycles. The van der Waals surface area contributed by atoms with Gasteiger partial charge in [0.05, 0.1) is 0 Å². The van der Waals surface area contributed by atoms with Crippen LogP contribution < -0.4 is 0 Å². The lowest BCUT2D eigenvalue weighted by Gasteiger charge is -2.07. The van der Waals surface area contributed by atoms with Crippen molar-refractivity contribution in [3.8, 4) is 0 Å². The Morgan fingerprint density at radius 3 is 2.22 bits per heavy atom. The molecule has 1 N–H and O–H groups in total. The van der Waals surface area contributed by atoms with Crippen LogP contribution in [0.4, 0.5) is 0 Å². The van der Waals surface area contributed by atoms with E-state index in [1.807, 2.05) is 49.3 Å². The molecule has 0 aliphatic heterocycles. The van der Waals surface area contributed by atoms with Gasteiger partial charge in [0, 0.05) is 18.0 Å². The van der Waals surface area contributed by atoms with E-state index in [1.165, 1.54) is 5.56 Å². The second kappa shape index (κ2) is 9.68. The number of aliphatic carboxylic acids is 1. The van der Waals surface area contributed by atoms with Crippen LogP contribution in [0.5, 0.6) is 0 Å². The summed E-state index contributed by atoms with van der Waals surface area (Å²) in [6.45, 7) is 4.14. The summed E-state index contributed by atoms with van der Waals surface area (Å²) in [5, 5.41) is 8.38. The third-order valence-corrected chi connectivity index (χ3v) is 2.47. The first-order valence-electron chi connectivity index (χ1n) is 5.63. The molecule has 0 aromatic heterocycles. The molecule has 100 valence electrons. The standard InChI is InChI=1S/C7H7Cl.C7H13NO2/c8-6-7-4-2-1-3-5-7;1-6(7(9)10)4-5-8(2)3/h1-5H,6H2;1,4-5H2,2-3H3,(H,9,10). The topological polar surface area (TPSA) is 40.5 Å².